The monoisotopic (exact) mass is 282 g/mol. The van der Waals surface area contributed by atoms with Gasteiger partial charge < -0.3 is 9.47 Å². The second-order valence-electron chi connectivity index (χ2n) is 5.78. The fourth-order valence-electron chi connectivity index (χ4n) is 3.06. The fourth-order valence-corrected chi connectivity index (χ4v) is 3.06. The molecular formula is C17H18N2O2. The first-order chi connectivity index (χ1) is 10.4. The van der Waals surface area contributed by atoms with Gasteiger partial charge >= 0.3 is 0 Å². The van der Waals surface area contributed by atoms with Crippen molar-refractivity contribution in [2.45, 2.75) is 25.6 Å². The largest absolute Gasteiger partial charge is 0.471 e. The van der Waals surface area contributed by atoms with Gasteiger partial charge in [0.15, 0.2) is 0 Å². The second-order valence-corrected chi connectivity index (χ2v) is 5.78. The molecule has 1 saturated carbocycles. The van der Waals surface area contributed by atoms with Gasteiger partial charge in [-0.2, -0.15) is 0 Å². The quantitative estimate of drug-likeness (QED) is 0.864. The molecule has 0 N–H and O–H groups in total. The summed E-state index contributed by atoms with van der Waals surface area (Å²) in [5.41, 5.74) is 2.11. The summed E-state index contributed by atoms with van der Waals surface area (Å²) in [7, 11) is 0. The molecule has 3 unspecified atom stereocenters. The number of fused-ring (bicyclic) bond motifs is 1. The average molecular weight is 282 g/mol. The predicted octanol–water partition coefficient (Wildman–Crippen LogP) is 3.15. The van der Waals surface area contributed by atoms with Crippen LogP contribution in [0, 0.1) is 11.8 Å². The van der Waals surface area contributed by atoms with Gasteiger partial charge in [0.1, 0.15) is 6.61 Å². The first-order valence-corrected chi connectivity index (χ1v) is 7.50. The van der Waals surface area contributed by atoms with E-state index in [9.17, 15) is 0 Å². The fraction of sp³-hybridized carbons (Fsp3) is 0.412. The zero-order chi connectivity index (χ0) is 14.1. The van der Waals surface area contributed by atoms with Crippen LogP contribution in [0.15, 0.2) is 42.7 Å². The minimum Gasteiger partial charge on any atom is -0.471 e. The molecule has 0 spiro atoms. The molecule has 0 amide bonds. The SMILES string of the molecule is c1ccc(OCc2ccc(C3OCCC4CC43)cn2)nc1. The van der Waals surface area contributed by atoms with Crippen LogP contribution >= 0.6 is 0 Å². The van der Waals surface area contributed by atoms with Gasteiger partial charge in [-0.05, 0) is 42.4 Å². The molecule has 21 heavy (non-hydrogen) atoms. The minimum absolute atomic E-state index is 0.252. The summed E-state index contributed by atoms with van der Waals surface area (Å²) in [5.74, 6) is 2.23. The molecule has 0 radical (unpaired) electrons. The van der Waals surface area contributed by atoms with E-state index in [1.807, 2.05) is 30.5 Å². The molecule has 2 fully saturated rings. The van der Waals surface area contributed by atoms with E-state index in [-0.39, 0.29) is 6.10 Å². The predicted molar refractivity (Wildman–Crippen MR) is 77.7 cm³/mol. The summed E-state index contributed by atoms with van der Waals surface area (Å²) in [6.45, 7) is 1.32. The highest BCUT2D eigenvalue weighted by Gasteiger charge is 2.46. The second kappa shape index (κ2) is 5.45. The Balaban J connectivity index is 1.39. The van der Waals surface area contributed by atoms with E-state index in [2.05, 4.69) is 16.0 Å². The smallest absolute Gasteiger partial charge is 0.213 e. The number of ether oxygens (including phenoxy) is 2. The van der Waals surface area contributed by atoms with Crippen LogP contribution in [0.5, 0.6) is 5.88 Å². The van der Waals surface area contributed by atoms with Crippen molar-refractivity contribution in [3.05, 3.63) is 54.0 Å². The Morgan fingerprint density at radius 2 is 2.19 bits per heavy atom. The van der Waals surface area contributed by atoms with Gasteiger partial charge in [0.2, 0.25) is 5.88 Å². The highest BCUT2D eigenvalue weighted by Crippen LogP contribution is 2.53. The van der Waals surface area contributed by atoms with Crippen molar-refractivity contribution in [2.75, 3.05) is 6.61 Å². The summed E-state index contributed by atoms with van der Waals surface area (Å²) in [6.07, 6.45) is 6.45. The maximum Gasteiger partial charge on any atom is 0.213 e. The molecule has 108 valence electrons. The summed E-state index contributed by atoms with van der Waals surface area (Å²) in [6, 6.07) is 9.77. The van der Waals surface area contributed by atoms with Crippen LogP contribution in [-0.4, -0.2) is 16.6 Å². The van der Waals surface area contributed by atoms with Crippen molar-refractivity contribution >= 4 is 0 Å². The third-order valence-corrected chi connectivity index (χ3v) is 4.33. The lowest BCUT2D eigenvalue weighted by Crippen LogP contribution is -2.15. The number of hydrogen-bond acceptors (Lipinski definition) is 4. The van der Waals surface area contributed by atoms with Crippen molar-refractivity contribution < 1.29 is 9.47 Å². The van der Waals surface area contributed by atoms with Crippen molar-refractivity contribution in [3.8, 4) is 5.88 Å². The van der Waals surface area contributed by atoms with Gasteiger partial charge in [-0.15, -0.1) is 0 Å². The van der Waals surface area contributed by atoms with Crippen LogP contribution in [-0.2, 0) is 11.3 Å². The lowest BCUT2D eigenvalue weighted by molar-refractivity contribution is 0.00534. The molecule has 4 rings (SSSR count). The van der Waals surface area contributed by atoms with Crippen molar-refractivity contribution in [1.82, 2.24) is 9.97 Å². The molecule has 1 aliphatic carbocycles. The maximum absolute atomic E-state index is 5.91. The Kier molecular flexibility index (Phi) is 3.31. The van der Waals surface area contributed by atoms with Gasteiger partial charge in [-0.3, -0.25) is 4.98 Å². The van der Waals surface area contributed by atoms with Gasteiger partial charge in [0, 0.05) is 25.1 Å². The zero-order valence-electron chi connectivity index (χ0n) is 11.8. The van der Waals surface area contributed by atoms with Crippen molar-refractivity contribution in [1.29, 1.82) is 0 Å². The summed E-state index contributed by atoms with van der Waals surface area (Å²) in [5, 5.41) is 0. The van der Waals surface area contributed by atoms with Gasteiger partial charge in [-0.1, -0.05) is 12.1 Å². The Labute approximate surface area is 124 Å². The Morgan fingerprint density at radius 1 is 1.19 bits per heavy atom. The highest BCUT2D eigenvalue weighted by molar-refractivity contribution is 5.20. The molecular weight excluding hydrogens is 264 g/mol. The summed E-state index contributed by atoms with van der Waals surface area (Å²) >= 11 is 0. The standard InChI is InChI=1S/C17H18N2O2/c1-2-7-18-16(3-1)21-11-14-5-4-13(10-19-14)17-15-9-12(15)6-8-20-17/h1-5,7,10,12,15,17H,6,8-9,11H2. The van der Waals surface area contributed by atoms with Crippen LogP contribution in [0.2, 0.25) is 0 Å². The van der Waals surface area contributed by atoms with E-state index in [4.69, 9.17) is 9.47 Å². The first kappa shape index (κ1) is 12.8. The summed E-state index contributed by atoms with van der Waals surface area (Å²) < 4.78 is 11.5. The van der Waals surface area contributed by atoms with Crippen molar-refractivity contribution in [2.24, 2.45) is 11.8 Å². The molecule has 4 nitrogen and oxygen atoms in total. The lowest BCUT2D eigenvalue weighted by Gasteiger charge is -2.22. The molecule has 1 saturated heterocycles. The van der Waals surface area contributed by atoms with Gasteiger partial charge in [0.25, 0.3) is 0 Å². The van der Waals surface area contributed by atoms with E-state index >= 15 is 0 Å². The average Bonchev–Trinajstić information content (AvgIpc) is 3.34. The Hall–Kier alpha value is -1.94. The lowest BCUT2D eigenvalue weighted by atomic mass is 10.0. The van der Waals surface area contributed by atoms with Crippen LogP contribution in [0.4, 0.5) is 0 Å². The van der Waals surface area contributed by atoms with E-state index in [1.54, 1.807) is 6.20 Å². The van der Waals surface area contributed by atoms with Gasteiger partial charge in [-0.25, -0.2) is 4.98 Å². The van der Waals surface area contributed by atoms with Crippen molar-refractivity contribution in [3.63, 3.8) is 0 Å². The minimum atomic E-state index is 0.252. The molecule has 2 aliphatic rings. The van der Waals surface area contributed by atoms with Crippen LogP contribution < -0.4 is 4.74 Å². The van der Waals surface area contributed by atoms with Crippen LogP contribution in [0.3, 0.4) is 0 Å². The molecule has 2 aromatic rings. The van der Waals surface area contributed by atoms with Crippen LogP contribution in [0.25, 0.3) is 0 Å². The van der Waals surface area contributed by atoms with E-state index in [0.717, 1.165) is 24.1 Å². The molecule has 0 aromatic carbocycles. The molecule has 4 heteroatoms. The van der Waals surface area contributed by atoms with E-state index < -0.39 is 0 Å². The molecule has 3 heterocycles. The number of rotatable bonds is 4. The topological polar surface area (TPSA) is 44.2 Å². The number of nitrogens with zero attached hydrogens (tertiary/aromatic N) is 2. The van der Waals surface area contributed by atoms with E-state index in [0.29, 0.717) is 12.5 Å². The Morgan fingerprint density at radius 3 is 3.00 bits per heavy atom. The van der Waals surface area contributed by atoms with Gasteiger partial charge in [0.05, 0.1) is 11.8 Å². The first-order valence-electron chi connectivity index (χ1n) is 7.50. The number of pyridine rings is 2. The van der Waals surface area contributed by atoms with E-state index in [1.165, 1.54) is 18.4 Å². The molecule has 3 atom stereocenters. The highest BCUT2D eigenvalue weighted by atomic mass is 16.5. The third kappa shape index (κ3) is 2.76. The number of hydrogen-bond donors (Lipinski definition) is 0. The normalized spacial score (nSPS) is 27.0. The van der Waals surface area contributed by atoms with Crippen LogP contribution in [0.1, 0.15) is 30.2 Å². The Bertz CT molecular complexity index is 600. The number of aromatic nitrogens is 2. The third-order valence-electron chi connectivity index (χ3n) is 4.33. The maximum atomic E-state index is 5.91. The molecule has 2 aromatic heterocycles. The summed E-state index contributed by atoms with van der Waals surface area (Å²) in [4.78, 5) is 8.62. The molecule has 1 aliphatic heterocycles. The molecule has 0 bridgehead atoms. The zero-order valence-corrected chi connectivity index (χ0v) is 11.8.